The van der Waals surface area contributed by atoms with Crippen LogP contribution >= 0.6 is 50.7 Å². The number of aromatic nitrogens is 1. The molecule has 0 aliphatic rings. The van der Waals surface area contributed by atoms with Crippen LogP contribution in [0.1, 0.15) is 33.0 Å². The minimum Gasteiger partial charge on any atom is -0.481 e. The summed E-state index contributed by atoms with van der Waals surface area (Å²) < 4.78 is 46.7. The quantitative estimate of drug-likeness (QED) is 0.276. The Kier molecular flexibility index (Phi) is 9.10. The van der Waals surface area contributed by atoms with Crippen LogP contribution in [0.3, 0.4) is 0 Å². The Morgan fingerprint density at radius 3 is 2.37 bits per heavy atom. The summed E-state index contributed by atoms with van der Waals surface area (Å²) in [6.07, 6.45) is -0.706. The van der Waals surface area contributed by atoms with Crippen LogP contribution in [-0.4, -0.2) is 24.2 Å². The highest BCUT2D eigenvalue weighted by atomic mass is 79.9. The summed E-state index contributed by atoms with van der Waals surface area (Å²) in [6.45, 7) is 0.239. The van der Waals surface area contributed by atoms with Gasteiger partial charge in [-0.25, -0.2) is 4.98 Å². The van der Waals surface area contributed by atoms with E-state index in [0.29, 0.717) is 21.5 Å². The van der Waals surface area contributed by atoms with Crippen molar-refractivity contribution < 1.29 is 22.7 Å². The number of amides is 1. The van der Waals surface area contributed by atoms with E-state index in [9.17, 15) is 18.0 Å². The molecule has 11 heteroatoms. The van der Waals surface area contributed by atoms with E-state index in [0.717, 1.165) is 23.8 Å². The van der Waals surface area contributed by atoms with Gasteiger partial charge in [0.15, 0.2) is 0 Å². The van der Waals surface area contributed by atoms with Crippen molar-refractivity contribution >= 4 is 62.7 Å². The molecule has 0 aliphatic heterocycles. The fraction of sp³-hybridized carbons (Fsp3) is 0.167. The molecule has 0 saturated carbocycles. The van der Waals surface area contributed by atoms with Gasteiger partial charge in [-0.3, -0.25) is 4.79 Å². The summed E-state index contributed by atoms with van der Waals surface area (Å²) >= 11 is 21.0. The molecule has 3 aromatic rings. The van der Waals surface area contributed by atoms with Crippen LogP contribution < -0.4 is 10.1 Å². The summed E-state index contributed by atoms with van der Waals surface area (Å²) in [5.41, 5.74) is 1.41. The zero-order chi connectivity index (χ0) is 25.8. The Morgan fingerprint density at radius 2 is 1.83 bits per heavy atom. The second-order valence-corrected chi connectivity index (χ2v) is 9.35. The van der Waals surface area contributed by atoms with Crippen molar-refractivity contribution in [3.63, 3.8) is 0 Å². The minimum absolute atomic E-state index is 0.0111. The van der Waals surface area contributed by atoms with Crippen LogP contribution in [-0.2, 0) is 6.54 Å². The lowest BCUT2D eigenvalue weighted by Gasteiger charge is -2.18. The van der Waals surface area contributed by atoms with Crippen LogP contribution in [0.5, 0.6) is 5.88 Å². The highest BCUT2D eigenvalue weighted by molar-refractivity contribution is 9.10. The first kappa shape index (κ1) is 27.3. The van der Waals surface area contributed by atoms with Gasteiger partial charge in [-0.15, -0.1) is 0 Å². The molecule has 1 atom stereocenters. The fourth-order valence-electron chi connectivity index (χ4n) is 3.10. The molecule has 0 aliphatic carbocycles. The molecule has 184 valence electrons. The summed E-state index contributed by atoms with van der Waals surface area (Å²) in [5.74, 6) is -1.86. The van der Waals surface area contributed by atoms with Gasteiger partial charge >= 0.3 is 6.18 Å². The maximum absolute atomic E-state index is 13.7. The average Bonchev–Trinajstić information content (AvgIpc) is 2.80. The van der Waals surface area contributed by atoms with Gasteiger partial charge in [0.2, 0.25) is 5.88 Å². The number of halogens is 7. The fourth-order valence-corrected chi connectivity index (χ4v) is 4.29. The van der Waals surface area contributed by atoms with Crippen LogP contribution in [0.25, 0.3) is 6.08 Å². The molecule has 0 bridgehead atoms. The summed E-state index contributed by atoms with van der Waals surface area (Å²) in [5, 5.41) is 2.62. The number of nitrogens with zero attached hydrogens (tertiary/aromatic N) is 1. The lowest BCUT2D eigenvalue weighted by Crippen LogP contribution is -2.23. The summed E-state index contributed by atoms with van der Waals surface area (Å²) in [6, 6.07) is 10.3. The van der Waals surface area contributed by atoms with Crippen molar-refractivity contribution in [3.05, 3.63) is 96.5 Å². The molecule has 1 unspecified atom stereocenters. The number of alkyl halides is 3. The van der Waals surface area contributed by atoms with E-state index in [1.807, 2.05) is 0 Å². The predicted octanol–water partition coefficient (Wildman–Crippen LogP) is 8.10. The SMILES string of the molecule is COc1ccc(CNC(=O)c2ccc(C=CC(c3cc(Cl)c(Cl)c(Cl)c3)C(F)(F)F)cc2Br)cn1. The Labute approximate surface area is 223 Å². The summed E-state index contributed by atoms with van der Waals surface area (Å²) in [4.78, 5) is 16.6. The van der Waals surface area contributed by atoms with E-state index < -0.39 is 12.1 Å². The van der Waals surface area contributed by atoms with Crippen molar-refractivity contribution in [2.75, 3.05) is 7.11 Å². The van der Waals surface area contributed by atoms with Crippen molar-refractivity contribution in [1.29, 1.82) is 0 Å². The topological polar surface area (TPSA) is 51.2 Å². The summed E-state index contributed by atoms with van der Waals surface area (Å²) in [7, 11) is 1.51. The zero-order valence-electron chi connectivity index (χ0n) is 18.0. The Balaban J connectivity index is 1.76. The number of benzene rings is 2. The molecular weight excluding hydrogens is 592 g/mol. The third-order valence-electron chi connectivity index (χ3n) is 4.90. The lowest BCUT2D eigenvalue weighted by molar-refractivity contribution is -0.139. The Hall–Kier alpha value is -2.26. The number of rotatable bonds is 7. The number of hydrogen-bond acceptors (Lipinski definition) is 3. The molecule has 0 fully saturated rings. The molecule has 1 aromatic heterocycles. The van der Waals surface area contributed by atoms with Crippen LogP contribution in [0, 0.1) is 0 Å². The number of carbonyl (C=O) groups excluding carboxylic acids is 1. The molecule has 3 rings (SSSR count). The lowest BCUT2D eigenvalue weighted by atomic mass is 9.97. The van der Waals surface area contributed by atoms with E-state index in [1.165, 1.54) is 19.3 Å². The van der Waals surface area contributed by atoms with Crippen LogP contribution in [0.15, 0.2) is 59.2 Å². The highest BCUT2D eigenvalue weighted by Gasteiger charge is 2.39. The van der Waals surface area contributed by atoms with Crippen molar-refractivity contribution in [2.45, 2.75) is 18.6 Å². The molecule has 0 saturated heterocycles. The minimum atomic E-state index is -4.59. The number of nitrogens with one attached hydrogen (secondary N) is 1. The van der Waals surface area contributed by atoms with Crippen molar-refractivity contribution in [3.8, 4) is 5.88 Å². The van der Waals surface area contributed by atoms with E-state index in [2.05, 4.69) is 26.2 Å². The molecule has 2 aromatic carbocycles. The van der Waals surface area contributed by atoms with Gasteiger partial charge in [0.25, 0.3) is 5.91 Å². The van der Waals surface area contributed by atoms with Gasteiger partial charge < -0.3 is 10.1 Å². The third kappa shape index (κ3) is 7.13. The monoisotopic (exact) mass is 606 g/mol. The molecule has 4 nitrogen and oxygen atoms in total. The van der Waals surface area contributed by atoms with Gasteiger partial charge in [0.1, 0.15) is 0 Å². The van der Waals surface area contributed by atoms with E-state index in [4.69, 9.17) is 39.5 Å². The van der Waals surface area contributed by atoms with Gasteiger partial charge in [-0.1, -0.05) is 59.1 Å². The van der Waals surface area contributed by atoms with Gasteiger partial charge in [0, 0.05) is 23.3 Å². The van der Waals surface area contributed by atoms with E-state index >= 15 is 0 Å². The van der Waals surface area contributed by atoms with Gasteiger partial charge in [-0.05, 0) is 56.9 Å². The molecule has 0 spiro atoms. The van der Waals surface area contributed by atoms with Crippen molar-refractivity contribution in [2.24, 2.45) is 0 Å². The highest BCUT2D eigenvalue weighted by Crippen LogP contribution is 2.41. The smallest absolute Gasteiger partial charge is 0.399 e. The number of allylic oxidation sites excluding steroid dienone is 1. The van der Waals surface area contributed by atoms with E-state index in [1.54, 1.807) is 30.5 Å². The zero-order valence-corrected chi connectivity index (χ0v) is 21.8. The second-order valence-electron chi connectivity index (χ2n) is 7.31. The Morgan fingerprint density at radius 1 is 1.14 bits per heavy atom. The van der Waals surface area contributed by atoms with Gasteiger partial charge in [-0.2, -0.15) is 13.2 Å². The maximum atomic E-state index is 13.7. The van der Waals surface area contributed by atoms with Gasteiger partial charge in [0.05, 0.1) is 33.7 Å². The number of ether oxygens (including phenoxy) is 1. The molecular formula is C24H17BrCl3F3N2O2. The first-order valence-corrected chi connectivity index (χ1v) is 11.9. The largest absolute Gasteiger partial charge is 0.481 e. The third-order valence-corrected chi connectivity index (χ3v) is 6.75. The average molecular weight is 609 g/mol. The second kappa shape index (κ2) is 11.6. The van der Waals surface area contributed by atoms with Crippen LogP contribution in [0.2, 0.25) is 15.1 Å². The normalized spacial score (nSPS) is 12.6. The first-order chi connectivity index (χ1) is 16.5. The van der Waals surface area contributed by atoms with E-state index in [-0.39, 0.29) is 33.1 Å². The molecule has 1 N–H and O–H groups in total. The molecule has 1 heterocycles. The number of hydrogen-bond donors (Lipinski definition) is 1. The standard InChI is InChI=1S/C24H17BrCl3F3N2O2/c1-35-21-7-4-14(11-32-21)12-33-23(34)16-5-2-13(8-18(16)25)3-6-17(24(29,30)31)15-9-19(26)22(28)20(27)10-15/h2-11,17H,12H2,1H3,(H,33,34). The maximum Gasteiger partial charge on any atom is 0.399 e. The predicted molar refractivity (Wildman–Crippen MR) is 135 cm³/mol. The first-order valence-electron chi connectivity index (χ1n) is 9.95. The molecule has 35 heavy (non-hydrogen) atoms. The number of methoxy groups -OCH3 is 1. The van der Waals surface area contributed by atoms with Crippen LogP contribution in [0.4, 0.5) is 13.2 Å². The molecule has 1 amide bonds. The molecule has 0 radical (unpaired) electrons. The number of carbonyl (C=O) groups is 1. The van der Waals surface area contributed by atoms with Crippen molar-refractivity contribution in [1.82, 2.24) is 10.3 Å². The Bertz CT molecular complexity index is 1230. The number of pyridine rings is 1.